The van der Waals surface area contributed by atoms with Crippen LogP contribution < -0.4 is 5.56 Å². The molecule has 14 heavy (non-hydrogen) atoms. The van der Waals surface area contributed by atoms with Crippen LogP contribution >= 0.6 is 11.8 Å². The zero-order valence-electron chi connectivity index (χ0n) is 7.78. The monoisotopic (exact) mass is 206 g/mol. The van der Waals surface area contributed by atoms with E-state index in [0.29, 0.717) is 5.39 Å². The third-order valence-corrected chi connectivity index (χ3v) is 2.82. The summed E-state index contributed by atoms with van der Waals surface area (Å²) in [5, 5.41) is 9.05. The highest BCUT2D eigenvalue weighted by Gasteiger charge is 2.04. The Morgan fingerprint density at radius 1 is 1.36 bits per heavy atom. The number of benzene rings is 1. The number of hydrogen-bond acceptors (Lipinski definition) is 3. The molecular formula is C10H10N2OS. The number of thioether (sulfide) groups is 1. The lowest BCUT2D eigenvalue weighted by atomic mass is 10.2. The molecule has 0 aliphatic carbocycles. The van der Waals surface area contributed by atoms with E-state index in [1.165, 1.54) is 0 Å². The molecule has 3 nitrogen and oxygen atoms in total. The molecule has 72 valence electrons. The van der Waals surface area contributed by atoms with Gasteiger partial charge in [-0.2, -0.15) is 5.10 Å². The van der Waals surface area contributed by atoms with Gasteiger partial charge >= 0.3 is 0 Å². The summed E-state index contributed by atoms with van der Waals surface area (Å²) >= 11 is 1.63. The zero-order valence-corrected chi connectivity index (χ0v) is 8.60. The average Bonchev–Trinajstić information content (AvgIpc) is 2.23. The summed E-state index contributed by atoms with van der Waals surface area (Å²) in [6.45, 7) is 2.06. The molecule has 2 aromatic rings. The minimum absolute atomic E-state index is 0.124. The van der Waals surface area contributed by atoms with Gasteiger partial charge in [0.25, 0.3) is 5.56 Å². The summed E-state index contributed by atoms with van der Waals surface area (Å²) in [6, 6.07) is 7.52. The molecule has 1 N–H and O–H groups in total. The summed E-state index contributed by atoms with van der Waals surface area (Å²) in [4.78, 5) is 11.4. The minimum Gasteiger partial charge on any atom is -0.267 e. The molecular weight excluding hydrogens is 196 g/mol. The van der Waals surface area contributed by atoms with E-state index in [-0.39, 0.29) is 5.56 Å². The normalized spacial score (nSPS) is 10.6. The first-order chi connectivity index (χ1) is 6.83. The van der Waals surface area contributed by atoms with E-state index in [1.54, 1.807) is 11.8 Å². The van der Waals surface area contributed by atoms with Crippen LogP contribution in [0.15, 0.2) is 34.1 Å². The van der Waals surface area contributed by atoms with Crippen molar-refractivity contribution in [3.05, 3.63) is 34.6 Å². The van der Waals surface area contributed by atoms with Gasteiger partial charge in [-0.15, -0.1) is 11.8 Å². The molecule has 0 aliphatic heterocycles. The molecule has 0 spiro atoms. The van der Waals surface area contributed by atoms with Crippen molar-refractivity contribution in [1.82, 2.24) is 10.2 Å². The topological polar surface area (TPSA) is 45.8 Å². The number of nitrogens with one attached hydrogen (secondary N) is 1. The third kappa shape index (κ3) is 1.53. The van der Waals surface area contributed by atoms with Crippen LogP contribution in [0.5, 0.6) is 0 Å². The molecule has 2 rings (SSSR count). The molecule has 0 bridgehead atoms. The standard InChI is InChI=1S/C10H10N2OS/c1-2-14-10-8-6-4-3-5-7(8)9(13)11-12-10/h3-6H,2H2,1H3,(H,11,13). The molecule has 1 aromatic heterocycles. The van der Waals surface area contributed by atoms with E-state index in [9.17, 15) is 4.79 Å². The molecule has 0 amide bonds. The molecule has 0 saturated carbocycles. The van der Waals surface area contributed by atoms with Crippen LogP contribution in [0.25, 0.3) is 10.8 Å². The van der Waals surface area contributed by atoms with E-state index in [2.05, 4.69) is 17.1 Å². The van der Waals surface area contributed by atoms with Gasteiger partial charge in [0.15, 0.2) is 0 Å². The predicted octanol–water partition coefficient (Wildman–Crippen LogP) is 2.04. The highest BCUT2D eigenvalue weighted by Crippen LogP contribution is 2.22. The first-order valence-corrected chi connectivity index (χ1v) is 5.41. The maximum atomic E-state index is 11.4. The Bertz CT molecular complexity index is 507. The molecule has 0 saturated heterocycles. The summed E-state index contributed by atoms with van der Waals surface area (Å²) < 4.78 is 0. The van der Waals surface area contributed by atoms with Gasteiger partial charge in [0.05, 0.1) is 5.39 Å². The van der Waals surface area contributed by atoms with Crippen LogP contribution in [0, 0.1) is 0 Å². The molecule has 0 fully saturated rings. The Morgan fingerprint density at radius 3 is 2.79 bits per heavy atom. The highest BCUT2D eigenvalue weighted by molar-refractivity contribution is 7.99. The van der Waals surface area contributed by atoms with Crippen molar-refractivity contribution in [2.75, 3.05) is 5.75 Å². The smallest absolute Gasteiger partial charge is 0.267 e. The fraction of sp³-hybridized carbons (Fsp3) is 0.200. The molecule has 0 unspecified atom stereocenters. The molecule has 1 aromatic carbocycles. The first-order valence-electron chi connectivity index (χ1n) is 4.43. The number of hydrogen-bond donors (Lipinski definition) is 1. The Morgan fingerprint density at radius 2 is 2.07 bits per heavy atom. The van der Waals surface area contributed by atoms with Crippen LogP contribution in [-0.4, -0.2) is 16.0 Å². The second-order valence-electron chi connectivity index (χ2n) is 2.84. The molecule has 0 atom stereocenters. The first kappa shape index (κ1) is 9.27. The van der Waals surface area contributed by atoms with Crippen molar-refractivity contribution in [1.29, 1.82) is 0 Å². The van der Waals surface area contributed by atoms with Crippen molar-refractivity contribution in [2.45, 2.75) is 11.9 Å². The number of fused-ring (bicyclic) bond motifs is 1. The van der Waals surface area contributed by atoms with Crippen molar-refractivity contribution in [3.8, 4) is 0 Å². The zero-order chi connectivity index (χ0) is 9.97. The number of nitrogens with zero attached hydrogens (tertiary/aromatic N) is 1. The van der Waals surface area contributed by atoms with Crippen LogP contribution in [0.4, 0.5) is 0 Å². The van der Waals surface area contributed by atoms with Crippen molar-refractivity contribution in [2.24, 2.45) is 0 Å². The van der Waals surface area contributed by atoms with E-state index in [1.807, 2.05) is 24.3 Å². The summed E-state index contributed by atoms with van der Waals surface area (Å²) in [7, 11) is 0. The van der Waals surface area contributed by atoms with Gasteiger partial charge < -0.3 is 0 Å². The van der Waals surface area contributed by atoms with E-state index in [0.717, 1.165) is 16.2 Å². The van der Waals surface area contributed by atoms with E-state index in [4.69, 9.17) is 0 Å². The van der Waals surface area contributed by atoms with Crippen LogP contribution in [0.3, 0.4) is 0 Å². The lowest BCUT2D eigenvalue weighted by molar-refractivity contribution is 0.927. The Hall–Kier alpha value is -1.29. The summed E-state index contributed by atoms with van der Waals surface area (Å²) in [5.41, 5.74) is -0.124. The van der Waals surface area contributed by atoms with Crippen LogP contribution in [0.1, 0.15) is 6.92 Å². The minimum atomic E-state index is -0.124. The SMILES string of the molecule is CCSc1n[nH]c(=O)c2ccccc12. The van der Waals surface area contributed by atoms with Crippen LogP contribution in [0.2, 0.25) is 0 Å². The Labute approximate surface area is 85.5 Å². The molecule has 4 heteroatoms. The van der Waals surface area contributed by atoms with Gasteiger partial charge in [-0.25, -0.2) is 5.10 Å². The van der Waals surface area contributed by atoms with Crippen molar-refractivity contribution in [3.63, 3.8) is 0 Å². The predicted molar refractivity (Wildman–Crippen MR) is 58.8 cm³/mol. The van der Waals surface area contributed by atoms with Gasteiger partial charge in [0.1, 0.15) is 5.03 Å². The molecule has 0 radical (unpaired) electrons. The van der Waals surface area contributed by atoms with Gasteiger partial charge in [-0.05, 0) is 11.8 Å². The maximum Gasteiger partial charge on any atom is 0.272 e. The number of H-pyrrole nitrogens is 1. The lowest BCUT2D eigenvalue weighted by Crippen LogP contribution is -2.08. The largest absolute Gasteiger partial charge is 0.272 e. The van der Waals surface area contributed by atoms with E-state index >= 15 is 0 Å². The van der Waals surface area contributed by atoms with Gasteiger partial charge in [0.2, 0.25) is 0 Å². The molecule has 1 heterocycles. The maximum absolute atomic E-state index is 11.4. The average molecular weight is 206 g/mol. The fourth-order valence-corrected chi connectivity index (χ4v) is 2.05. The molecule has 0 aliphatic rings. The Balaban J connectivity index is 2.75. The number of aromatic nitrogens is 2. The van der Waals surface area contributed by atoms with Crippen LogP contribution in [-0.2, 0) is 0 Å². The van der Waals surface area contributed by atoms with Crippen molar-refractivity contribution >= 4 is 22.5 Å². The second-order valence-corrected chi connectivity index (χ2v) is 4.09. The summed E-state index contributed by atoms with van der Waals surface area (Å²) in [5.74, 6) is 0.947. The quantitative estimate of drug-likeness (QED) is 0.765. The second kappa shape index (κ2) is 3.84. The Kier molecular flexibility index (Phi) is 2.54. The van der Waals surface area contributed by atoms with E-state index < -0.39 is 0 Å². The van der Waals surface area contributed by atoms with Gasteiger partial charge in [0, 0.05) is 5.39 Å². The van der Waals surface area contributed by atoms with Crippen molar-refractivity contribution < 1.29 is 0 Å². The van der Waals surface area contributed by atoms with Gasteiger partial charge in [-0.1, -0.05) is 25.1 Å². The fourth-order valence-electron chi connectivity index (χ4n) is 1.34. The third-order valence-electron chi connectivity index (χ3n) is 1.94. The van der Waals surface area contributed by atoms with Gasteiger partial charge in [-0.3, -0.25) is 4.79 Å². The number of rotatable bonds is 2. The summed E-state index contributed by atoms with van der Waals surface area (Å²) in [6.07, 6.45) is 0. The lowest BCUT2D eigenvalue weighted by Gasteiger charge is -2.01. The number of aromatic amines is 1. The highest BCUT2D eigenvalue weighted by atomic mass is 32.2.